The molecule has 2 N–H and O–H groups in total. The lowest BCUT2D eigenvalue weighted by molar-refractivity contribution is 0.474. The second kappa shape index (κ2) is 4.90. The molecule has 2 aromatic rings. The zero-order chi connectivity index (χ0) is 13.5. The molecule has 20 heavy (non-hydrogen) atoms. The molecule has 1 atom stereocenters. The predicted octanol–water partition coefficient (Wildman–Crippen LogP) is 3.72. The van der Waals surface area contributed by atoms with Gasteiger partial charge in [-0.25, -0.2) is 0 Å². The van der Waals surface area contributed by atoms with Crippen molar-refractivity contribution in [2.45, 2.75) is 44.7 Å². The highest BCUT2D eigenvalue weighted by Crippen LogP contribution is 2.34. The third-order valence-corrected chi connectivity index (χ3v) is 5.76. The van der Waals surface area contributed by atoms with E-state index >= 15 is 0 Å². The fourth-order valence-electron chi connectivity index (χ4n) is 3.52. The molecule has 1 aromatic carbocycles. The lowest BCUT2D eigenvalue weighted by atomic mass is 10.1. The molecule has 2 nitrogen and oxygen atoms in total. The summed E-state index contributed by atoms with van der Waals surface area (Å²) in [7, 11) is 0. The summed E-state index contributed by atoms with van der Waals surface area (Å²) in [5.74, 6) is 0.388. The monoisotopic (exact) mass is 285 g/mol. The number of aryl methyl sites for hydroxylation is 3. The largest absolute Gasteiger partial charge is 0.508 e. The molecule has 3 heteroatoms. The minimum Gasteiger partial charge on any atom is -0.508 e. The second-order valence-electron chi connectivity index (χ2n) is 5.87. The van der Waals surface area contributed by atoms with Crippen LogP contribution >= 0.6 is 11.3 Å². The molecule has 0 aliphatic heterocycles. The Morgan fingerprint density at radius 1 is 1.15 bits per heavy atom. The molecule has 2 aliphatic rings. The molecule has 0 amide bonds. The Kier molecular flexibility index (Phi) is 3.04. The Bertz CT molecular complexity index is 625. The van der Waals surface area contributed by atoms with Crippen LogP contribution in [-0.4, -0.2) is 5.11 Å². The Morgan fingerprint density at radius 2 is 2.10 bits per heavy atom. The molecule has 1 aromatic heterocycles. The van der Waals surface area contributed by atoms with Crippen LogP contribution in [0.3, 0.4) is 0 Å². The lowest BCUT2D eigenvalue weighted by Crippen LogP contribution is -2.18. The van der Waals surface area contributed by atoms with Crippen LogP contribution in [0.4, 0.5) is 0 Å². The molecule has 2 aliphatic carbocycles. The highest BCUT2D eigenvalue weighted by molar-refractivity contribution is 7.12. The van der Waals surface area contributed by atoms with Crippen molar-refractivity contribution in [2.75, 3.05) is 0 Å². The summed E-state index contributed by atoms with van der Waals surface area (Å²) in [6, 6.07) is 8.63. The molecule has 0 spiro atoms. The summed E-state index contributed by atoms with van der Waals surface area (Å²) in [5, 5.41) is 13.2. The SMILES string of the molecule is Oc1ccc2c(c1)CCC2NCc1cc2c(s1)CCC2. The molecular formula is C17H19NOS. The highest BCUT2D eigenvalue weighted by Gasteiger charge is 2.22. The summed E-state index contributed by atoms with van der Waals surface area (Å²) in [5.41, 5.74) is 4.26. The van der Waals surface area contributed by atoms with Gasteiger partial charge < -0.3 is 10.4 Å². The van der Waals surface area contributed by atoms with Gasteiger partial charge in [-0.2, -0.15) is 0 Å². The van der Waals surface area contributed by atoms with Crippen molar-refractivity contribution in [3.8, 4) is 5.75 Å². The van der Waals surface area contributed by atoms with Crippen molar-refractivity contribution in [2.24, 2.45) is 0 Å². The first-order chi connectivity index (χ1) is 9.79. The van der Waals surface area contributed by atoms with Gasteiger partial charge in [-0.1, -0.05) is 6.07 Å². The first-order valence-corrected chi connectivity index (χ1v) is 8.27. The number of phenolic OH excluding ortho intramolecular Hbond substituents is 1. The van der Waals surface area contributed by atoms with Gasteiger partial charge in [0.25, 0.3) is 0 Å². The van der Waals surface area contributed by atoms with E-state index in [4.69, 9.17) is 0 Å². The van der Waals surface area contributed by atoms with E-state index in [0.29, 0.717) is 11.8 Å². The Morgan fingerprint density at radius 3 is 3.00 bits per heavy atom. The second-order valence-corrected chi connectivity index (χ2v) is 7.09. The third-order valence-electron chi connectivity index (χ3n) is 4.52. The molecule has 1 heterocycles. The average Bonchev–Trinajstić information content (AvgIpc) is 3.09. The topological polar surface area (TPSA) is 32.3 Å². The van der Waals surface area contributed by atoms with E-state index in [-0.39, 0.29) is 0 Å². The van der Waals surface area contributed by atoms with Crippen molar-refractivity contribution in [1.29, 1.82) is 0 Å². The maximum absolute atomic E-state index is 9.54. The first kappa shape index (κ1) is 12.4. The smallest absolute Gasteiger partial charge is 0.115 e. The Hall–Kier alpha value is -1.32. The van der Waals surface area contributed by atoms with Crippen molar-refractivity contribution >= 4 is 11.3 Å². The average molecular weight is 285 g/mol. The van der Waals surface area contributed by atoms with Crippen LogP contribution in [0.2, 0.25) is 0 Å². The molecule has 104 valence electrons. The number of aromatic hydroxyl groups is 1. The molecule has 0 bridgehead atoms. The molecule has 0 saturated heterocycles. The molecular weight excluding hydrogens is 266 g/mol. The molecule has 1 unspecified atom stereocenters. The normalized spacial score (nSPS) is 20.1. The van der Waals surface area contributed by atoms with Crippen LogP contribution < -0.4 is 5.32 Å². The minimum absolute atomic E-state index is 0.388. The zero-order valence-corrected chi connectivity index (χ0v) is 12.3. The van der Waals surface area contributed by atoms with Crippen molar-refractivity contribution in [1.82, 2.24) is 5.32 Å². The van der Waals surface area contributed by atoms with Gasteiger partial charge in [0.15, 0.2) is 0 Å². The fraction of sp³-hybridized carbons (Fsp3) is 0.412. The van der Waals surface area contributed by atoms with Gasteiger partial charge in [0.1, 0.15) is 5.75 Å². The minimum atomic E-state index is 0.388. The number of thiophene rings is 1. The van der Waals surface area contributed by atoms with Crippen LogP contribution in [-0.2, 0) is 25.8 Å². The van der Waals surface area contributed by atoms with E-state index in [1.807, 2.05) is 17.4 Å². The molecule has 4 rings (SSSR count). The van der Waals surface area contributed by atoms with Crippen molar-refractivity contribution in [3.63, 3.8) is 0 Å². The standard InChI is InChI=1S/C17H19NOS/c19-13-5-6-15-11(8-13)4-7-16(15)18-10-14-9-12-2-1-3-17(12)20-14/h5-6,8-9,16,18-19H,1-4,7,10H2. The van der Waals surface area contributed by atoms with Crippen LogP contribution in [0, 0.1) is 0 Å². The van der Waals surface area contributed by atoms with Gasteiger partial charge in [0.05, 0.1) is 0 Å². The van der Waals surface area contributed by atoms with Gasteiger partial charge in [-0.15, -0.1) is 11.3 Å². The number of hydrogen-bond acceptors (Lipinski definition) is 3. The number of nitrogens with one attached hydrogen (secondary N) is 1. The van der Waals surface area contributed by atoms with E-state index in [1.165, 1.54) is 35.3 Å². The maximum Gasteiger partial charge on any atom is 0.115 e. The lowest BCUT2D eigenvalue weighted by Gasteiger charge is -2.13. The number of hydrogen-bond donors (Lipinski definition) is 2. The van der Waals surface area contributed by atoms with Crippen LogP contribution in [0.1, 0.15) is 45.3 Å². The highest BCUT2D eigenvalue weighted by atomic mass is 32.1. The summed E-state index contributed by atoms with van der Waals surface area (Å²) in [6.45, 7) is 0.975. The van der Waals surface area contributed by atoms with Gasteiger partial charge in [0, 0.05) is 22.3 Å². The van der Waals surface area contributed by atoms with Gasteiger partial charge in [-0.05, 0) is 67.0 Å². The van der Waals surface area contributed by atoms with Crippen LogP contribution in [0.5, 0.6) is 5.75 Å². The van der Waals surface area contributed by atoms with Gasteiger partial charge in [-0.3, -0.25) is 0 Å². The van der Waals surface area contributed by atoms with Crippen molar-refractivity contribution in [3.05, 3.63) is 50.7 Å². The van der Waals surface area contributed by atoms with E-state index < -0.39 is 0 Å². The van der Waals surface area contributed by atoms with E-state index in [9.17, 15) is 5.11 Å². The number of rotatable bonds is 3. The molecule has 0 radical (unpaired) electrons. The number of fused-ring (bicyclic) bond motifs is 2. The van der Waals surface area contributed by atoms with Crippen LogP contribution in [0.15, 0.2) is 24.3 Å². The van der Waals surface area contributed by atoms with E-state index in [0.717, 1.165) is 19.4 Å². The van der Waals surface area contributed by atoms with Gasteiger partial charge >= 0.3 is 0 Å². The molecule has 0 saturated carbocycles. The summed E-state index contributed by atoms with van der Waals surface area (Å²) < 4.78 is 0. The predicted molar refractivity (Wildman–Crippen MR) is 82.4 cm³/mol. The van der Waals surface area contributed by atoms with E-state index in [2.05, 4.69) is 17.4 Å². The quantitative estimate of drug-likeness (QED) is 0.901. The van der Waals surface area contributed by atoms with Crippen LogP contribution in [0.25, 0.3) is 0 Å². The summed E-state index contributed by atoms with van der Waals surface area (Å²) in [4.78, 5) is 3.08. The maximum atomic E-state index is 9.54. The summed E-state index contributed by atoms with van der Waals surface area (Å²) in [6.07, 6.45) is 6.11. The molecule has 0 fully saturated rings. The number of benzene rings is 1. The Labute approximate surface area is 123 Å². The summed E-state index contributed by atoms with van der Waals surface area (Å²) >= 11 is 1.99. The van der Waals surface area contributed by atoms with Gasteiger partial charge in [0.2, 0.25) is 0 Å². The Balaban J connectivity index is 1.46. The first-order valence-electron chi connectivity index (χ1n) is 7.45. The fourth-order valence-corrected chi connectivity index (χ4v) is 4.73. The van der Waals surface area contributed by atoms with Crippen molar-refractivity contribution < 1.29 is 5.11 Å². The number of phenols is 1. The van der Waals surface area contributed by atoms with E-state index in [1.54, 1.807) is 16.5 Å². The zero-order valence-electron chi connectivity index (χ0n) is 11.5. The third kappa shape index (κ3) is 2.15.